The van der Waals surface area contributed by atoms with Crippen LogP contribution in [-0.4, -0.2) is 18.5 Å². The van der Waals surface area contributed by atoms with Crippen LogP contribution < -0.4 is 0 Å². The van der Waals surface area contributed by atoms with Gasteiger partial charge in [-0.05, 0) is 12.3 Å². The molecule has 2 atom stereocenters. The van der Waals surface area contributed by atoms with Crippen LogP contribution in [0.4, 0.5) is 0 Å². The molecule has 0 amide bonds. The highest BCUT2D eigenvalue weighted by molar-refractivity contribution is 5.85. The van der Waals surface area contributed by atoms with E-state index >= 15 is 0 Å². The number of hydrogen-bond acceptors (Lipinski definition) is 3. The average molecular weight is 128 g/mol. The molecule has 2 aliphatic rings. The molecule has 1 heterocycles. The van der Waals surface area contributed by atoms with Crippen molar-refractivity contribution in [3.8, 4) is 0 Å². The molecule has 50 valence electrons. The van der Waals surface area contributed by atoms with Gasteiger partial charge < -0.3 is 0 Å². The molecule has 2 rings (SSSR count). The topological polar surface area (TPSA) is 35.5 Å². The fourth-order valence-electron chi connectivity index (χ4n) is 1.37. The van der Waals surface area contributed by atoms with E-state index in [0.717, 1.165) is 6.42 Å². The number of carbonyl (C=O) groups is 1. The molecular weight excluding hydrogens is 120 g/mol. The summed E-state index contributed by atoms with van der Waals surface area (Å²) >= 11 is 0. The highest BCUT2D eigenvalue weighted by Gasteiger charge is 2.37. The molecule has 3 heteroatoms. The van der Waals surface area contributed by atoms with E-state index in [2.05, 4.69) is 0 Å². The van der Waals surface area contributed by atoms with E-state index in [1.807, 2.05) is 0 Å². The Labute approximate surface area is 52.9 Å². The van der Waals surface area contributed by atoms with E-state index in [9.17, 15) is 4.79 Å². The predicted octanol–water partition coefficient (Wildman–Crippen LogP) is 0.296. The van der Waals surface area contributed by atoms with Crippen LogP contribution >= 0.6 is 0 Å². The highest BCUT2D eigenvalue weighted by Crippen LogP contribution is 2.29. The normalized spacial score (nSPS) is 41.6. The fraction of sp³-hybridized carbons (Fsp3) is 0.833. The van der Waals surface area contributed by atoms with E-state index in [-0.39, 0.29) is 11.9 Å². The van der Waals surface area contributed by atoms with Gasteiger partial charge in [0.15, 0.2) is 11.9 Å². The van der Waals surface area contributed by atoms with Gasteiger partial charge in [-0.25, -0.2) is 9.78 Å². The number of carbonyl (C=O) groups excluding carboxylic acids is 1. The van der Waals surface area contributed by atoms with Crippen LogP contribution in [0.15, 0.2) is 0 Å². The maximum atomic E-state index is 10.9. The Hall–Kier alpha value is -0.410. The van der Waals surface area contributed by atoms with E-state index in [1.165, 1.54) is 0 Å². The van der Waals surface area contributed by atoms with Gasteiger partial charge in [-0.1, -0.05) is 0 Å². The lowest BCUT2D eigenvalue weighted by atomic mass is 10.1. The molecule has 1 saturated carbocycles. The van der Waals surface area contributed by atoms with Crippen LogP contribution in [0.2, 0.25) is 0 Å². The largest absolute Gasteiger partial charge is 0.297 e. The second-order valence-electron chi connectivity index (χ2n) is 2.64. The van der Waals surface area contributed by atoms with Gasteiger partial charge in [-0.3, -0.25) is 4.79 Å². The Morgan fingerprint density at radius 1 is 1.56 bits per heavy atom. The Morgan fingerprint density at radius 3 is 3.11 bits per heavy atom. The summed E-state index contributed by atoms with van der Waals surface area (Å²) in [5.41, 5.74) is 0. The average Bonchev–Trinajstić information content (AvgIpc) is 2.09. The summed E-state index contributed by atoms with van der Waals surface area (Å²) in [7, 11) is 0. The molecule has 0 radical (unpaired) electrons. The molecule has 0 spiro atoms. The molecule has 0 N–H and O–H groups in total. The first kappa shape index (κ1) is 5.38. The SMILES string of the molecule is O=C1CC2COOC1C2. The molecule has 3 nitrogen and oxygen atoms in total. The maximum Gasteiger partial charge on any atom is 0.165 e. The molecule has 2 unspecified atom stereocenters. The van der Waals surface area contributed by atoms with E-state index in [1.54, 1.807) is 0 Å². The lowest BCUT2D eigenvalue weighted by Crippen LogP contribution is -2.22. The Kier molecular flexibility index (Phi) is 1.07. The van der Waals surface area contributed by atoms with Crippen LogP contribution in [0.5, 0.6) is 0 Å². The zero-order valence-electron chi connectivity index (χ0n) is 5.00. The zero-order chi connectivity index (χ0) is 6.27. The van der Waals surface area contributed by atoms with Gasteiger partial charge in [-0.2, -0.15) is 0 Å². The summed E-state index contributed by atoms with van der Waals surface area (Å²) < 4.78 is 0. The van der Waals surface area contributed by atoms with Crippen LogP contribution in [0.3, 0.4) is 0 Å². The second-order valence-corrected chi connectivity index (χ2v) is 2.64. The van der Waals surface area contributed by atoms with E-state index in [0.29, 0.717) is 18.9 Å². The van der Waals surface area contributed by atoms with Crippen molar-refractivity contribution < 1.29 is 14.6 Å². The summed E-state index contributed by atoms with van der Waals surface area (Å²) in [6.07, 6.45) is 1.30. The van der Waals surface area contributed by atoms with Crippen molar-refractivity contribution in [3.05, 3.63) is 0 Å². The van der Waals surface area contributed by atoms with Crippen molar-refractivity contribution in [2.45, 2.75) is 18.9 Å². The van der Waals surface area contributed by atoms with E-state index in [4.69, 9.17) is 9.78 Å². The van der Waals surface area contributed by atoms with Crippen molar-refractivity contribution in [1.29, 1.82) is 0 Å². The molecule has 2 bridgehead atoms. The predicted molar refractivity (Wildman–Crippen MR) is 28.6 cm³/mol. The van der Waals surface area contributed by atoms with Crippen LogP contribution in [-0.2, 0) is 14.6 Å². The van der Waals surface area contributed by atoms with Crippen molar-refractivity contribution in [3.63, 3.8) is 0 Å². The molecule has 2 fully saturated rings. The van der Waals surface area contributed by atoms with Crippen molar-refractivity contribution in [2.75, 3.05) is 6.61 Å². The van der Waals surface area contributed by atoms with Gasteiger partial charge >= 0.3 is 0 Å². The lowest BCUT2D eigenvalue weighted by molar-refractivity contribution is -0.336. The van der Waals surface area contributed by atoms with Gasteiger partial charge in [0, 0.05) is 6.42 Å². The third-order valence-electron chi connectivity index (χ3n) is 1.88. The van der Waals surface area contributed by atoms with Gasteiger partial charge in [0.25, 0.3) is 0 Å². The highest BCUT2D eigenvalue weighted by atomic mass is 17.2. The first-order chi connectivity index (χ1) is 4.36. The minimum atomic E-state index is -0.233. The monoisotopic (exact) mass is 128 g/mol. The number of rotatable bonds is 0. The third kappa shape index (κ3) is 0.767. The third-order valence-corrected chi connectivity index (χ3v) is 1.88. The first-order valence-corrected chi connectivity index (χ1v) is 3.17. The van der Waals surface area contributed by atoms with Crippen LogP contribution in [0, 0.1) is 5.92 Å². The zero-order valence-corrected chi connectivity index (χ0v) is 5.00. The Bertz CT molecular complexity index is 143. The smallest absolute Gasteiger partial charge is 0.165 e. The number of ketones is 1. The Balaban J connectivity index is 2.15. The van der Waals surface area contributed by atoms with Crippen LogP contribution in [0.1, 0.15) is 12.8 Å². The molecule has 1 aliphatic carbocycles. The standard InChI is InChI=1S/C6H8O3/c7-5-1-4-2-6(5)9-8-3-4/h4,6H,1-3H2. The molecular formula is C6H8O3. The Morgan fingerprint density at radius 2 is 2.44 bits per heavy atom. The van der Waals surface area contributed by atoms with Crippen molar-refractivity contribution in [1.82, 2.24) is 0 Å². The minimum Gasteiger partial charge on any atom is -0.297 e. The quantitative estimate of drug-likeness (QED) is 0.440. The molecule has 1 saturated heterocycles. The van der Waals surface area contributed by atoms with E-state index < -0.39 is 0 Å². The van der Waals surface area contributed by atoms with Gasteiger partial charge in [-0.15, -0.1) is 0 Å². The van der Waals surface area contributed by atoms with Gasteiger partial charge in [0.05, 0.1) is 6.61 Å². The minimum absolute atomic E-state index is 0.206. The number of Topliss-reactive ketones (excluding diaryl/α,β-unsaturated/α-hetero) is 1. The second kappa shape index (κ2) is 1.78. The van der Waals surface area contributed by atoms with Crippen molar-refractivity contribution in [2.24, 2.45) is 5.92 Å². The summed E-state index contributed by atoms with van der Waals surface area (Å²) in [6.45, 7) is 0.599. The van der Waals surface area contributed by atoms with Gasteiger partial charge in [0.2, 0.25) is 0 Å². The summed E-state index contributed by atoms with van der Waals surface area (Å²) in [5.74, 6) is 0.647. The molecule has 9 heavy (non-hydrogen) atoms. The maximum absolute atomic E-state index is 10.9. The summed E-state index contributed by atoms with van der Waals surface area (Å²) in [4.78, 5) is 20.3. The van der Waals surface area contributed by atoms with Gasteiger partial charge in [0.1, 0.15) is 0 Å². The lowest BCUT2D eigenvalue weighted by Gasteiger charge is -2.15. The molecule has 1 aliphatic heterocycles. The number of fused-ring (bicyclic) bond motifs is 2. The number of hydrogen-bond donors (Lipinski definition) is 0. The summed E-state index contributed by atoms with van der Waals surface area (Å²) in [5, 5.41) is 0. The summed E-state index contributed by atoms with van der Waals surface area (Å²) in [6, 6.07) is 0. The molecule has 0 aromatic rings. The fourth-order valence-corrected chi connectivity index (χ4v) is 1.37. The first-order valence-electron chi connectivity index (χ1n) is 3.17. The molecule has 0 aromatic carbocycles. The van der Waals surface area contributed by atoms with Crippen molar-refractivity contribution >= 4 is 5.78 Å². The van der Waals surface area contributed by atoms with Crippen LogP contribution in [0.25, 0.3) is 0 Å². The molecule has 0 aromatic heterocycles.